The molecule has 0 saturated carbocycles. The van der Waals surface area contributed by atoms with Crippen molar-refractivity contribution in [3.05, 3.63) is 60.3 Å². The van der Waals surface area contributed by atoms with Crippen molar-refractivity contribution >= 4 is 22.8 Å². The van der Waals surface area contributed by atoms with Gasteiger partial charge in [0.1, 0.15) is 11.6 Å². The number of anilines is 1. The van der Waals surface area contributed by atoms with E-state index >= 15 is 0 Å². The lowest BCUT2D eigenvalue weighted by Crippen LogP contribution is -2.49. The highest BCUT2D eigenvalue weighted by Gasteiger charge is 2.22. The number of benzene rings is 2. The van der Waals surface area contributed by atoms with Crippen molar-refractivity contribution in [3.8, 4) is 5.75 Å². The molecule has 1 aliphatic heterocycles. The minimum Gasteiger partial charge on any atom is -0.493 e. The predicted molar refractivity (Wildman–Crippen MR) is 114 cm³/mol. The lowest BCUT2D eigenvalue weighted by Gasteiger charge is -2.35. The van der Waals surface area contributed by atoms with Gasteiger partial charge < -0.3 is 14.5 Å². The number of carbonyl (C=O) groups is 1. The zero-order valence-electron chi connectivity index (χ0n) is 16.8. The summed E-state index contributed by atoms with van der Waals surface area (Å²) in [5.74, 6) is 1.97. The average Bonchev–Trinajstić information content (AvgIpc) is 2.77. The maximum atomic E-state index is 12.5. The van der Waals surface area contributed by atoms with Gasteiger partial charge in [0, 0.05) is 32.6 Å². The topological polar surface area (TPSA) is 58.6 Å². The van der Waals surface area contributed by atoms with E-state index in [1.54, 1.807) is 0 Å². The molecule has 0 N–H and O–H groups in total. The first-order valence-corrected chi connectivity index (χ1v) is 10.1. The Morgan fingerprint density at radius 3 is 2.52 bits per heavy atom. The van der Waals surface area contributed by atoms with Crippen LogP contribution in [0.5, 0.6) is 5.75 Å². The number of nitrogens with zero attached hydrogens (tertiary/aromatic N) is 4. The van der Waals surface area contributed by atoms with Gasteiger partial charge in [0.15, 0.2) is 0 Å². The number of amides is 1. The van der Waals surface area contributed by atoms with Crippen molar-refractivity contribution in [2.45, 2.75) is 19.8 Å². The number of fused-ring (bicyclic) bond motifs is 1. The summed E-state index contributed by atoms with van der Waals surface area (Å²) in [6.45, 7) is 5.57. The highest BCUT2D eigenvalue weighted by atomic mass is 16.5. The molecule has 0 radical (unpaired) electrons. The van der Waals surface area contributed by atoms with Gasteiger partial charge in [-0.1, -0.05) is 30.3 Å². The van der Waals surface area contributed by atoms with E-state index in [4.69, 9.17) is 9.72 Å². The normalized spacial score (nSPS) is 14.2. The van der Waals surface area contributed by atoms with Gasteiger partial charge in [-0.05, 0) is 37.1 Å². The van der Waals surface area contributed by atoms with Gasteiger partial charge in [0.25, 0.3) is 0 Å². The van der Waals surface area contributed by atoms with Gasteiger partial charge in [-0.3, -0.25) is 9.78 Å². The zero-order chi connectivity index (χ0) is 20.1. The predicted octanol–water partition coefficient (Wildman–Crippen LogP) is 3.45. The third-order valence-electron chi connectivity index (χ3n) is 5.28. The van der Waals surface area contributed by atoms with Crippen LogP contribution < -0.4 is 9.64 Å². The van der Waals surface area contributed by atoms with Gasteiger partial charge in [-0.15, -0.1) is 0 Å². The molecule has 0 atom stereocenters. The second-order valence-corrected chi connectivity index (χ2v) is 7.30. The molecular formula is C23H26N4O2. The molecule has 1 amide bonds. The quantitative estimate of drug-likeness (QED) is 0.604. The molecule has 2 aromatic carbocycles. The summed E-state index contributed by atoms with van der Waals surface area (Å²) in [7, 11) is 0. The largest absolute Gasteiger partial charge is 0.493 e. The Kier molecular flexibility index (Phi) is 5.89. The number of rotatable bonds is 6. The van der Waals surface area contributed by atoms with Crippen LogP contribution in [0.3, 0.4) is 0 Å². The summed E-state index contributed by atoms with van der Waals surface area (Å²) in [5, 5.41) is 0. The molecule has 1 aromatic heterocycles. The summed E-state index contributed by atoms with van der Waals surface area (Å²) < 4.78 is 5.79. The highest BCUT2D eigenvalue weighted by Crippen LogP contribution is 2.18. The molecule has 3 aromatic rings. The Hall–Kier alpha value is -3.15. The standard InChI is InChI=1S/C23H26N4O2/c1-18-7-2-5-10-21(18)29-16-6-11-23(28)27-14-12-26(13-15-27)22-17-24-19-8-3-4-9-20(19)25-22/h2-5,7-10,17H,6,11-16H2,1H3. The van der Waals surface area contributed by atoms with Crippen LogP contribution in [0.1, 0.15) is 18.4 Å². The van der Waals surface area contributed by atoms with Crippen LogP contribution in [0.15, 0.2) is 54.7 Å². The Morgan fingerprint density at radius 2 is 1.72 bits per heavy atom. The molecule has 0 spiro atoms. The molecule has 150 valence electrons. The van der Waals surface area contributed by atoms with Gasteiger partial charge in [0.2, 0.25) is 5.91 Å². The minimum absolute atomic E-state index is 0.197. The molecule has 29 heavy (non-hydrogen) atoms. The van der Waals surface area contributed by atoms with Crippen LogP contribution in [0, 0.1) is 6.92 Å². The number of aryl methyl sites for hydroxylation is 1. The summed E-state index contributed by atoms with van der Waals surface area (Å²) in [5.41, 5.74) is 2.92. The van der Waals surface area contributed by atoms with Crippen molar-refractivity contribution in [2.24, 2.45) is 0 Å². The molecule has 1 fully saturated rings. The number of ether oxygens (including phenoxy) is 1. The fourth-order valence-corrected chi connectivity index (χ4v) is 3.57. The Labute approximate surface area is 171 Å². The summed E-state index contributed by atoms with van der Waals surface area (Å²) in [6, 6.07) is 15.8. The smallest absolute Gasteiger partial charge is 0.222 e. The van der Waals surface area contributed by atoms with E-state index in [0.717, 1.165) is 47.7 Å². The maximum absolute atomic E-state index is 12.5. The first-order chi connectivity index (χ1) is 14.2. The van der Waals surface area contributed by atoms with Crippen molar-refractivity contribution in [3.63, 3.8) is 0 Å². The SMILES string of the molecule is Cc1ccccc1OCCCC(=O)N1CCN(c2cnc3ccccc3n2)CC1. The minimum atomic E-state index is 0.197. The monoisotopic (exact) mass is 390 g/mol. The molecule has 0 bridgehead atoms. The van der Waals surface area contributed by atoms with Gasteiger partial charge >= 0.3 is 0 Å². The fourth-order valence-electron chi connectivity index (χ4n) is 3.57. The highest BCUT2D eigenvalue weighted by molar-refractivity contribution is 5.77. The van der Waals surface area contributed by atoms with Crippen molar-refractivity contribution in [1.82, 2.24) is 14.9 Å². The van der Waals surface area contributed by atoms with Gasteiger partial charge in [0.05, 0.1) is 23.8 Å². The number of aromatic nitrogens is 2. The molecule has 4 rings (SSSR count). The molecule has 2 heterocycles. The molecule has 6 nitrogen and oxygen atoms in total. The first kappa shape index (κ1) is 19.2. The first-order valence-electron chi connectivity index (χ1n) is 10.1. The van der Waals surface area contributed by atoms with Crippen LogP contribution in [0.2, 0.25) is 0 Å². The van der Waals surface area contributed by atoms with Crippen molar-refractivity contribution < 1.29 is 9.53 Å². The molecular weight excluding hydrogens is 364 g/mol. The summed E-state index contributed by atoms with van der Waals surface area (Å²) >= 11 is 0. The lowest BCUT2D eigenvalue weighted by molar-refractivity contribution is -0.131. The van der Waals surface area contributed by atoms with Crippen LogP contribution in [-0.4, -0.2) is 53.6 Å². The Balaban J connectivity index is 1.23. The van der Waals surface area contributed by atoms with E-state index in [0.29, 0.717) is 26.1 Å². The second kappa shape index (κ2) is 8.90. The van der Waals surface area contributed by atoms with Crippen molar-refractivity contribution in [1.29, 1.82) is 0 Å². The second-order valence-electron chi connectivity index (χ2n) is 7.30. The van der Waals surface area contributed by atoms with E-state index in [9.17, 15) is 4.79 Å². The molecule has 1 aliphatic rings. The van der Waals surface area contributed by atoms with Crippen LogP contribution >= 0.6 is 0 Å². The molecule has 0 aliphatic carbocycles. The molecule has 6 heteroatoms. The number of hydrogen-bond acceptors (Lipinski definition) is 5. The third kappa shape index (κ3) is 4.65. The number of hydrogen-bond donors (Lipinski definition) is 0. The molecule has 1 saturated heterocycles. The summed E-state index contributed by atoms with van der Waals surface area (Å²) in [6.07, 6.45) is 3.06. The zero-order valence-corrected chi connectivity index (χ0v) is 16.8. The number of piperazine rings is 1. The van der Waals surface area contributed by atoms with Crippen molar-refractivity contribution in [2.75, 3.05) is 37.7 Å². The van der Waals surface area contributed by atoms with Crippen LogP contribution in [0.25, 0.3) is 11.0 Å². The van der Waals surface area contributed by atoms with Crippen LogP contribution in [0.4, 0.5) is 5.82 Å². The van der Waals surface area contributed by atoms with Gasteiger partial charge in [-0.2, -0.15) is 0 Å². The Bertz CT molecular complexity index is 983. The van der Waals surface area contributed by atoms with E-state index < -0.39 is 0 Å². The van der Waals surface area contributed by atoms with E-state index in [2.05, 4.69) is 9.88 Å². The van der Waals surface area contributed by atoms with E-state index in [1.807, 2.05) is 66.6 Å². The number of carbonyl (C=O) groups excluding carboxylic acids is 1. The van der Waals surface area contributed by atoms with Gasteiger partial charge in [-0.25, -0.2) is 4.98 Å². The fraction of sp³-hybridized carbons (Fsp3) is 0.348. The summed E-state index contributed by atoms with van der Waals surface area (Å²) in [4.78, 5) is 25.9. The third-order valence-corrected chi connectivity index (χ3v) is 5.28. The lowest BCUT2D eigenvalue weighted by atomic mass is 10.2. The molecule has 0 unspecified atom stereocenters. The van der Waals surface area contributed by atoms with E-state index in [-0.39, 0.29) is 5.91 Å². The van der Waals surface area contributed by atoms with E-state index in [1.165, 1.54) is 0 Å². The maximum Gasteiger partial charge on any atom is 0.222 e. The average molecular weight is 390 g/mol. The number of para-hydroxylation sites is 3. The van der Waals surface area contributed by atoms with Crippen LogP contribution in [-0.2, 0) is 4.79 Å². The Morgan fingerprint density at radius 1 is 1.00 bits per heavy atom.